The molecule has 1 aromatic carbocycles. The quantitative estimate of drug-likeness (QED) is 0.221. The molecular weight excluding hydrogens is 450 g/mol. The number of carboxylic acid groups (broad SMARTS) is 2. The molecule has 4 radical (unpaired) electrons. The predicted octanol–water partition coefficient (Wildman–Crippen LogP) is -0.426. The van der Waals surface area contributed by atoms with E-state index >= 15 is 0 Å². The van der Waals surface area contributed by atoms with Crippen LogP contribution in [-0.4, -0.2) is 65.0 Å². The number of hydrogen-bond acceptors (Lipinski definition) is 9. The summed E-state index contributed by atoms with van der Waals surface area (Å²) < 4.78 is 0. The van der Waals surface area contributed by atoms with E-state index in [1.807, 2.05) is 0 Å². The standard InChI is InChI=1S/C19H19N7O6.Si/c20-19-25-15-14(17(30)26-19)23-11(8-22-15)7-21-10-3-1-9(2-4-10)16(29)24-12(18(31)32)5-6-13(27)28;/h1-4,8,12,21H,5-7H2,(H,24,29)(H,27,28)(H,31,32)(H3,20,22,25,26,30);. The van der Waals surface area contributed by atoms with Crippen LogP contribution >= 0.6 is 0 Å². The van der Waals surface area contributed by atoms with Gasteiger partial charge in [-0.2, -0.15) is 4.98 Å². The van der Waals surface area contributed by atoms with Crippen molar-refractivity contribution in [3.63, 3.8) is 0 Å². The number of nitrogens with one attached hydrogen (secondary N) is 3. The highest BCUT2D eigenvalue weighted by molar-refractivity contribution is 5.96. The van der Waals surface area contributed by atoms with E-state index in [4.69, 9.17) is 15.9 Å². The fourth-order valence-corrected chi connectivity index (χ4v) is 2.75. The smallest absolute Gasteiger partial charge is 0.326 e. The largest absolute Gasteiger partial charge is 0.481 e. The van der Waals surface area contributed by atoms with E-state index in [1.165, 1.54) is 18.3 Å². The number of carbonyl (C=O) groups excluding carboxylic acids is 1. The second-order valence-electron chi connectivity index (χ2n) is 6.71. The summed E-state index contributed by atoms with van der Waals surface area (Å²) in [4.78, 5) is 60.6. The van der Waals surface area contributed by atoms with Crippen molar-refractivity contribution >= 4 is 51.6 Å². The summed E-state index contributed by atoms with van der Waals surface area (Å²) in [5, 5.41) is 23.2. The molecule has 14 heteroatoms. The van der Waals surface area contributed by atoms with Gasteiger partial charge in [-0.25, -0.2) is 14.8 Å². The highest BCUT2D eigenvalue weighted by Gasteiger charge is 2.21. The van der Waals surface area contributed by atoms with Crippen LogP contribution in [0.2, 0.25) is 0 Å². The van der Waals surface area contributed by atoms with Crippen molar-refractivity contribution in [3.8, 4) is 0 Å². The van der Waals surface area contributed by atoms with Gasteiger partial charge < -0.3 is 26.6 Å². The second-order valence-corrected chi connectivity index (χ2v) is 6.71. The molecule has 3 aromatic rings. The summed E-state index contributed by atoms with van der Waals surface area (Å²) in [5.41, 5.74) is 6.47. The Bertz CT molecular complexity index is 1230. The minimum absolute atomic E-state index is 0. The number of anilines is 2. The predicted molar refractivity (Wildman–Crippen MR) is 118 cm³/mol. The van der Waals surface area contributed by atoms with Crippen LogP contribution in [0.25, 0.3) is 11.2 Å². The fourth-order valence-electron chi connectivity index (χ4n) is 2.75. The summed E-state index contributed by atoms with van der Waals surface area (Å²) >= 11 is 0. The van der Waals surface area contributed by atoms with Crippen molar-refractivity contribution in [1.29, 1.82) is 0 Å². The number of H-pyrrole nitrogens is 1. The van der Waals surface area contributed by atoms with Gasteiger partial charge in [-0.15, -0.1) is 0 Å². The molecule has 2 heterocycles. The lowest BCUT2D eigenvalue weighted by molar-refractivity contribution is -0.140. The number of carboxylic acids is 2. The SMILES string of the molecule is Nc1nc2ncc(CNc3ccc(C(=O)NC(CCC(=O)O)C(=O)O)cc3)nc2c(=O)[nH]1.[Si]. The molecule has 13 nitrogen and oxygen atoms in total. The molecule has 0 spiro atoms. The highest BCUT2D eigenvalue weighted by Crippen LogP contribution is 2.12. The van der Waals surface area contributed by atoms with Crippen molar-refractivity contribution in [2.45, 2.75) is 25.4 Å². The highest BCUT2D eigenvalue weighted by atomic mass is 28.1. The van der Waals surface area contributed by atoms with Crippen molar-refractivity contribution < 1.29 is 24.6 Å². The number of hydrogen-bond donors (Lipinski definition) is 6. The van der Waals surface area contributed by atoms with Crippen LogP contribution in [0.4, 0.5) is 11.6 Å². The number of nitrogens with zero attached hydrogens (tertiary/aromatic N) is 3. The monoisotopic (exact) mass is 469 g/mol. The zero-order valence-corrected chi connectivity index (χ0v) is 18.0. The lowest BCUT2D eigenvalue weighted by Gasteiger charge is -2.14. The Morgan fingerprint density at radius 3 is 2.45 bits per heavy atom. The van der Waals surface area contributed by atoms with Gasteiger partial charge in [0.05, 0.1) is 18.4 Å². The fraction of sp³-hybridized carbons (Fsp3) is 0.211. The summed E-state index contributed by atoms with van der Waals surface area (Å²) in [6.07, 6.45) is 0.840. The van der Waals surface area contributed by atoms with E-state index in [2.05, 4.69) is 30.6 Å². The van der Waals surface area contributed by atoms with Crippen LogP contribution in [0.15, 0.2) is 35.3 Å². The van der Waals surface area contributed by atoms with Crippen molar-refractivity contribution in [2.75, 3.05) is 11.1 Å². The zero-order chi connectivity index (χ0) is 23.3. The first-order valence-corrected chi connectivity index (χ1v) is 9.33. The number of amides is 1. The molecule has 33 heavy (non-hydrogen) atoms. The summed E-state index contributed by atoms with van der Waals surface area (Å²) in [6.45, 7) is 0.231. The van der Waals surface area contributed by atoms with E-state index in [1.54, 1.807) is 12.1 Å². The number of nitrogens with two attached hydrogens (primary N) is 1. The molecule has 1 amide bonds. The van der Waals surface area contributed by atoms with Gasteiger partial charge in [0, 0.05) is 28.6 Å². The topological polar surface area (TPSA) is 213 Å². The molecule has 1 atom stereocenters. The summed E-state index contributed by atoms with van der Waals surface area (Å²) in [6, 6.07) is 4.86. The molecule has 0 saturated heterocycles. The molecule has 2 aromatic heterocycles. The average Bonchev–Trinajstić information content (AvgIpc) is 2.75. The van der Waals surface area contributed by atoms with Crippen molar-refractivity contribution in [1.82, 2.24) is 25.3 Å². The van der Waals surface area contributed by atoms with Crippen LogP contribution in [0.3, 0.4) is 0 Å². The van der Waals surface area contributed by atoms with Crippen LogP contribution in [-0.2, 0) is 16.1 Å². The minimum atomic E-state index is -1.31. The number of aliphatic carboxylic acids is 2. The van der Waals surface area contributed by atoms with Gasteiger partial charge in [0.1, 0.15) is 6.04 Å². The Balaban J connectivity index is 0.00000385. The van der Waals surface area contributed by atoms with E-state index in [0.717, 1.165) is 0 Å². The molecule has 1 unspecified atom stereocenters. The van der Waals surface area contributed by atoms with Crippen LogP contribution in [0.1, 0.15) is 28.9 Å². The van der Waals surface area contributed by atoms with Gasteiger partial charge in [0.15, 0.2) is 11.2 Å². The molecule has 0 fully saturated rings. The molecule has 0 aliphatic rings. The number of aromatic amines is 1. The summed E-state index contributed by atoms with van der Waals surface area (Å²) in [7, 11) is 0. The Labute approximate surface area is 190 Å². The Kier molecular flexibility index (Phi) is 8.17. The first-order chi connectivity index (χ1) is 15.2. The van der Waals surface area contributed by atoms with Crippen molar-refractivity contribution in [2.24, 2.45) is 0 Å². The van der Waals surface area contributed by atoms with E-state index in [9.17, 15) is 19.2 Å². The van der Waals surface area contributed by atoms with Gasteiger partial charge >= 0.3 is 11.9 Å². The maximum atomic E-state index is 12.3. The number of fused-ring (bicyclic) bond motifs is 1. The van der Waals surface area contributed by atoms with Gasteiger partial charge in [-0.1, -0.05) is 0 Å². The van der Waals surface area contributed by atoms with Crippen LogP contribution in [0, 0.1) is 0 Å². The number of benzene rings is 1. The molecule has 0 aliphatic heterocycles. The molecule has 0 bridgehead atoms. The molecule has 3 rings (SSSR count). The number of aromatic nitrogens is 4. The van der Waals surface area contributed by atoms with Gasteiger partial charge in [0.2, 0.25) is 5.95 Å². The van der Waals surface area contributed by atoms with Gasteiger partial charge in [-0.05, 0) is 30.7 Å². The lowest BCUT2D eigenvalue weighted by atomic mass is 10.1. The van der Waals surface area contributed by atoms with Crippen LogP contribution < -0.4 is 21.9 Å². The number of carbonyl (C=O) groups is 3. The molecular formula is C19H19N7O6Si. The lowest BCUT2D eigenvalue weighted by Crippen LogP contribution is -2.41. The van der Waals surface area contributed by atoms with Crippen LogP contribution in [0.5, 0.6) is 0 Å². The Hall–Kier alpha value is -4.33. The van der Waals surface area contributed by atoms with E-state index in [-0.39, 0.29) is 53.0 Å². The van der Waals surface area contributed by atoms with E-state index < -0.39 is 29.4 Å². The van der Waals surface area contributed by atoms with Gasteiger partial charge in [-0.3, -0.25) is 19.4 Å². The molecule has 0 aliphatic carbocycles. The van der Waals surface area contributed by atoms with Crippen molar-refractivity contribution in [3.05, 3.63) is 52.1 Å². The normalized spacial score (nSPS) is 11.3. The average molecular weight is 469 g/mol. The molecule has 7 N–H and O–H groups in total. The Morgan fingerprint density at radius 1 is 1.12 bits per heavy atom. The number of nitrogen functional groups attached to an aromatic ring is 1. The third-order valence-corrected chi connectivity index (χ3v) is 4.36. The molecule has 170 valence electrons. The number of rotatable bonds is 9. The first kappa shape index (κ1) is 24.9. The third-order valence-electron chi connectivity index (χ3n) is 4.36. The maximum Gasteiger partial charge on any atom is 0.326 e. The Morgan fingerprint density at radius 2 is 1.82 bits per heavy atom. The van der Waals surface area contributed by atoms with E-state index in [0.29, 0.717) is 11.4 Å². The van der Waals surface area contributed by atoms with Gasteiger partial charge in [0.25, 0.3) is 11.5 Å². The minimum Gasteiger partial charge on any atom is -0.481 e. The first-order valence-electron chi connectivity index (χ1n) is 9.33. The summed E-state index contributed by atoms with van der Waals surface area (Å²) in [5.74, 6) is -3.16. The maximum absolute atomic E-state index is 12.3. The molecule has 0 saturated carbocycles. The third kappa shape index (κ3) is 6.57. The second kappa shape index (κ2) is 10.8. The zero-order valence-electron chi connectivity index (χ0n) is 17.0.